The molecule has 14 heavy (non-hydrogen) atoms. The highest BCUT2D eigenvalue weighted by Gasteiger charge is 2.30. The molecule has 0 saturated carbocycles. The Kier molecular flexibility index (Phi) is 2.66. The molecule has 0 bridgehead atoms. The van der Waals surface area contributed by atoms with E-state index in [1.165, 1.54) is 5.56 Å². The SMILES string of the molecule is C=CC1(c2ccccc2)COCCN1. The summed E-state index contributed by atoms with van der Waals surface area (Å²) in [5.74, 6) is 0. The number of hydrogen-bond donors (Lipinski definition) is 1. The largest absolute Gasteiger partial charge is 0.378 e. The third-order valence-corrected chi connectivity index (χ3v) is 2.65. The molecule has 1 aromatic rings. The Morgan fingerprint density at radius 3 is 2.71 bits per heavy atom. The highest BCUT2D eigenvalue weighted by molar-refractivity contribution is 5.29. The molecule has 1 saturated heterocycles. The molecular formula is C12H15NO. The molecule has 1 aromatic carbocycles. The Morgan fingerprint density at radius 1 is 1.36 bits per heavy atom. The van der Waals surface area contributed by atoms with Crippen LogP contribution in [-0.2, 0) is 10.3 Å². The summed E-state index contributed by atoms with van der Waals surface area (Å²) in [6.07, 6.45) is 1.93. The third-order valence-electron chi connectivity index (χ3n) is 2.65. The Labute approximate surface area is 84.6 Å². The summed E-state index contributed by atoms with van der Waals surface area (Å²) in [6, 6.07) is 10.3. The van der Waals surface area contributed by atoms with Crippen LogP contribution in [0.25, 0.3) is 0 Å². The average Bonchev–Trinajstić information content (AvgIpc) is 2.31. The quantitative estimate of drug-likeness (QED) is 0.715. The van der Waals surface area contributed by atoms with Gasteiger partial charge in [-0.15, -0.1) is 6.58 Å². The van der Waals surface area contributed by atoms with Crippen LogP contribution >= 0.6 is 0 Å². The molecule has 1 unspecified atom stereocenters. The summed E-state index contributed by atoms with van der Waals surface area (Å²) in [7, 11) is 0. The van der Waals surface area contributed by atoms with Crippen molar-refractivity contribution in [1.29, 1.82) is 0 Å². The monoisotopic (exact) mass is 189 g/mol. The van der Waals surface area contributed by atoms with Crippen molar-refractivity contribution >= 4 is 0 Å². The number of nitrogens with one attached hydrogen (secondary N) is 1. The molecule has 1 atom stereocenters. The maximum atomic E-state index is 5.50. The van der Waals surface area contributed by atoms with E-state index in [0.717, 1.165) is 13.2 Å². The van der Waals surface area contributed by atoms with Crippen LogP contribution in [0, 0.1) is 0 Å². The van der Waals surface area contributed by atoms with Crippen LogP contribution in [0.1, 0.15) is 5.56 Å². The number of hydrogen-bond acceptors (Lipinski definition) is 2. The lowest BCUT2D eigenvalue weighted by Gasteiger charge is -2.35. The number of ether oxygens (including phenoxy) is 1. The van der Waals surface area contributed by atoms with Gasteiger partial charge in [-0.3, -0.25) is 5.32 Å². The number of benzene rings is 1. The molecule has 0 radical (unpaired) electrons. The average molecular weight is 189 g/mol. The summed E-state index contributed by atoms with van der Waals surface area (Å²) in [5.41, 5.74) is 1.02. The summed E-state index contributed by atoms with van der Waals surface area (Å²) in [4.78, 5) is 0. The zero-order valence-corrected chi connectivity index (χ0v) is 8.20. The van der Waals surface area contributed by atoms with Gasteiger partial charge in [-0.2, -0.15) is 0 Å². The van der Waals surface area contributed by atoms with Crippen molar-refractivity contribution in [3.8, 4) is 0 Å². The van der Waals surface area contributed by atoms with Gasteiger partial charge in [0.1, 0.15) is 0 Å². The van der Waals surface area contributed by atoms with E-state index in [1.54, 1.807) is 0 Å². The topological polar surface area (TPSA) is 21.3 Å². The molecule has 74 valence electrons. The first-order valence-corrected chi connectivity index (χ1v) is 4.89. The van der Waals surface area contributed by atoms with Crippen LogP contribution in [0.3, 0.4) is 0 Å². The Morgan fingerprint density at radius 2 is 2.14 bits per heavy atom. The van der Waals surface area contributed by atoms with Gasteiger partial charge in [-0.25, -0.2) is 0 Å². The van der Waals surface area contributed by atoms with Crippen LogP contribution in [0.5, 0.6) is 0 Å². The highest BCUT2D eigenvalue weighted by Crippen LogP contribution is 2.24. The zero-order valence-electron chi connectivity index (χ0n) is 8.20. The van der Waals surface area contributed by atoms with Crippen molar-refractivity contribution in [2.75, 3.05) is 19.8 Å². The lowest BCUT2D eigenvalue weighted by molar-refractivity contribution is 0.0468. The molecule has 1 fully saturated rings. The van der Waals surface area contributed by atoms with Crippen LogP contribution < -0.4 is 5.32 Å². The molecule has 1 heterocycles. The molecule has 2 nitrogen and oxygen atoms in total. The van der Waals surface area contributed by atoms with Gasteiger partial charge in [0.2, 0.25) is 0 Å². The smallest absolute Gasteiger partial charge is 0.0856 e. The molecule has 0 amide bonds. The molecular weight excluding hydrogens is 174 g/mol. The fourth-order valence-corrected chi connectivity index (χ4v) is 1.80. The van der Waals surface area contributed by atoms with Crippen molar-refractivity contribution in [3.05, 3.63) is 48.6 Å². The van der Waals surface area contributed by atoms with Crippen LogP contribution in [-0.4, -0.2) is 19.8 Å². The Balaban J connectivity index is 2.32. The minimum atomic E-state index is -0.195. The van der Waals surface area contributed by atoms with Crippen molar-refractivity contribution in [2.45, 2.75) is 5.54 Å². The molecule has 0 aliphatic carbocycles. The summed E-state index contributed by atoms with van der Waals surface area (Å²) >= 11 is 0. The normalized spacial score (nSPS) is 27.1. The fourth-order valence-electron chi connectivity index (χ4n) is 1.80. The van der Waals surface area contributed by atoms with E-state index < -0.39 is 0 Å². The molecule has 0 aromatic heterocycles. The Hall–Kier alpha value is -1.12. The van der Waals surface area contributed by atoms with Gasteiger partial charge in [0.15, 0.2) is 0 Å². The first kappa shape index (κ1) is 9.44. The van der Waals surface area contributed by atoms with E-state index >= 15 is 0 Å². The van der Waals surface area contributed by atoms with E-state index in [4.69, 9.17) is 4.74 Å². The van der Waals surface area contributed by atoms with E-state index in [0.29, 0.717) is 6.61 Å². The standard InChI is InChI=1S/C12H15NO/c1-2-12(10-14-9-8-13-12)11-6-4-3-5-7-11/h2-7,13H,1,8-10H2. The van der Waals surface area contributed by atoms with Gasteiger partial charge < -0.3 is 4.74 Å². The second-order valence-corrected chi connectivity index (χ2v) is 3.52. The second-order valence-electron chi connectivity index (χ2n) is 3.52. The van der Waals surface area contributed by atoms with E-state index in [1.807, 2.05) is 24.3 Å². The van der Waals surface area contributed by atoms with Gasteiger partial charge >= 0.3 is 0 Å². The minimum absolute atomic E-state index is 0.195. The molecule has 1 aliphatic rings. The lowest BCUT2D eigenvalue weighted by atomic mass is 9.90. The minimum Gasteiger partial charge on any atom is -0.378 e. The lowest BCUT2D eigenvalue weighted by Crippen LogP contribution is -2.50. The summed E-state index contributed by atoms with van der Waals surface area (Å²) in [6.45, 7) is 6.21. The van der Waals surface area contributed by atoms with Crippen molar-refractivity contribution in [3.63, 3.8) is 0 Å². The highest BCUT2D eigenvalue weighted by atomic mass is 16.5. The first-order chi connectivity index (χ1) is 6.87. The fraction of sp³-hybridized carbons (Fsp3) is 0.333. The predicted molar refractivity (Wildman–Crippen MR) is 57.1 cm³/mol. The number of rotatable bonds is 2. The second kappa shape index (κ2) is 3.95. The van der Waals surface area contributed by atoms with Gasteiger partial charge in [0.25, 0.3) is 0 Å². The molecule has 1 N–H and O–H groups in total. The Bertz CT molecular complexity index is 301. The molecule has 2 heteroatoms. The van der Waals surface area contributed by atoms with Crippen molar-refractivity contribution < 1.29 is 4.74 Å². The number of morpholine rings is 1. The van der Waals surface area contributed by atoms with Crippen LogP contribution in [0.15, 0.2) is 43.0 Å². The summed E-state index contributed by atoms with van der Waals surface area (Å²) in [5, 5.41) is 3.46. The van der Waals surface area contributed by atoms with Crippen LogP contribution in [0.2, 0.25) is 0 Å². The maximum absolute atomic E-state index is 5.50. The first-order valence-electron chi connectivity index (χ1n) is 4.89. The van der Waals surface area contributed by atoms with Gasteiger partial charge in [0, 0.05) is 6.54 Å². The van der Waals surface area contributed by atoms with Crippen molar-refractivity contribution in [1.82, 2.24) is 5.32 Å². The molecule has 2 rings (SSSR count). The van der Waals surface area contributed by atoms with Gasteiger partial charge in [0.05, 0.1) is 18.8 Å². The van der Waals surface area contributed by atoms with Gasteiger partial charge in [-0.1, -0.05) is 36.4 Å². The van der Waals surface area contributed by atoms with Crippen LogP contribution in [0.4, 0.5) is 0 Å². The van der Waals surface area contributed by atoms with Crippen molar-refractivity contribution in [2.24, 2.45) is 0 Å². The predicted octanol–water partition coefficient (Wildman–Crippen LogP) is 1.69. The molecule has 0 spiro atoms. The molecule has 1 aliphatic heterocycles. The zero-order chi connectivity index (χ0) is 9.86. The van der Waals surface area contributed by atoms with E-state index in [2.05, 4.69) is 24.0 Å². The summed E-state index contributed by atoms with van der Waals surface area (Å²) < 4.78 is 5.50. The van der Waals surface area contributed by atoms with Gasteiger partial charge in [-0.05, 0) is 5.56 Å². The maximum Gasteiger partial charge on any atom is 0.0856 e. The third kappa shape index (κ3) is 1.59. The van der Waals surface area contributed by atoms with E-state index in [9.17, 15) is 0 Å². The van der Waals surface area contributed by atoms with E-state index in [-0.39, 0.29) is 5.54 Å².